The van der Waals surface area contributed by atoms with Crippen molar-refractivity contribution in [1.29, 1.82) is 0 Å². The minimum atomic E-state index is 0.00327. The Morgan fingerprint density at radius 1 is 1.38 bits per heavy atom. The molecule has 3 nitrogen and oxygen atoms in total. The van der Waals surface area contributed by atoms with E-state index in [0.717, 1.165) is 16.8 Å². The van der Waals surface area contributed by atoms with Crippen molar-refractivity contribution in [3.63, 3.8) is 0 Å². The maximum absolute atomic E-state index is 12.5. The van der Waals surface area contributed by atoms with Gasteiger partial charge in [-0.05, 0) is 19.4 Å². The molecule has 2 rings (SSSR count). The molecule has 0 spiro atoms. The molecule has 0 saturated carbocycles. The zero-order valence-corrected chi connectivity index (χ0v) is 13.3. The third-order valence-corrected chi connectivity index (χ3v) is 4.23. The Kier molecular flexibility index (Phi) is 4.87. The Bertz CT molecular complexity index is 756. The number of hydrogen-bond donors (Lipinski definition) is 0. The Labute approximate surface area is 129 Å². The Hall–Kier alpha value is -1.99. The zero-order valence-electron chi connectivity index (χ0n) is 12.5. The van der Waals surface area contributed by atoms with Crippen LogP contribution in [-0.2, 0) is 13.5 Å². The first-order chi connectivity index (χ1) is 10.0. The molecule has 0 bridgehead atoms. The third kappa shape index (κ3) is 3.56. The van der Waals surface area contributed by atoms with E-state index in [1.54, 1.807) is 11.6 Å². The second-order valence-corrected chi connectivity index (χ2v) is 5.92. The van der Waals surface area contributed by atoms with Crippen molar-refractivity contribution in [2.75, 3.05) is 5.75 Å². The van der Waals surface area contributed by atoms with Crippen molar-refractivity contribution < 1.29 is 0 Å². The number of hydrogen-bond acceptors (Lipinski definition) is 3. The van der Waals surface area contributed by atoms with Gasteiger partial charge in [0.15, 0.2) is 5.16 Å². The largest absolute Gasteiger partial charge is 0.290 e. The van der Waals surface area contributed by atoms with Crippen LogP contribution in [0.25, 0.3) is 0 Å². The highest BCUT2D eigenvalue weighted by atomic mass is 32.2. The number of thioether (sulfide) groups is 1. The summed E-state index contributed by atoms with van der Waals surface area (Å²) in [5, 5.41) is 0.670. The van der Waals surface area contributed by atoms with Crippen molar-refractivity contribution in [3.05, 3.63) is 57.0 Å². The van der Waals surface area contributed by atoms with Crippen LogP contribution in [0.1, 0.15) is 22.4 Å². The fraction of sp³-hybridized carbons (Fsp3) is 0.294. The first-order valence-electron chi connectivity index (χ1n) is 6.71. The van der Waals surface area contributed by atoms with Gasteiger partial charge < -0.3 is 0 Å². The van der Waals surface area contributed by atoms with E-state index in [0.29, 0.717) is 17.3 Å². The number of benzene rings is 1. The smallest absolute Gasteiger partial charge is 0.257 e. The van der Waals surface area contributed by atoms with Crippen molar-refractivity contribution in [3.8, 4) is 12.3 Å². The molecule has 1 heterocycles. The van der Waals surface area contributed by atoms with E-state index in [1.807, 2.05) is 32.0 Å². The molecule has 21 heavy (non-hydrogen) atoms. The molecule has 1 aromatic carbocycles. The van der Waals surface area contributed by atoms with E-state index >= 15 is 0 Å². The van der Waals surface area contributed by atoms with Crippen LogP contribution in [0.15, 0.2) is 34.2 Å². The highest BCUT2D eigenvalue weighted by molar-refractivity contribution is 7.99. The Balaban J connectivity index is 2.39. The van der Waals surface area contributed by atoms with E-state index in [9.17, 15) is 4.79 Å². The summed E-state index contributed by atoms with van der Waals surface area (Å²) in [6.07, 6.45) is 5.87. The quantitative estimate of drug-likeness (QED) is 0.494. The highest BCUT2D eigenvalue weighted by Gasteiger charge is 2.12. The van der Waals surface area contributed by atoms with Gasteiger partial charge in [-0.3, -0.25) is 9.36 Å². The minimum Gasteiger partial charge on any atom is -0.290 e. The normalized spacial score (nSPS) is 10.4. The van der Waals surface area contributed by atoms with Crippen molar-refractivity contribution >= 4 is 11.8 Å². The maximum Gasteiger partial charge on any atom is 0.257 e. The van der Waals surface area contributed by atoms with Crippen molar-refractivity contribution in [1.82, 2.24) is 9.55 Å². The van der Waals surface area contributed by atoms with E-state index in [4.69, 9.17) is 6.42 Å². The van der Waals surface area contributed by atoms with Crippen LogP contribution in [0, 0.1) is 26.2 Å². The second-order valence-electron chi connectivity index (χ2n) is 4.98. The second kappa shape index (κ2) is 6.64. The first-order valence-corrected chi connectivity index (χ1v) is 7.69. The van der Waals surface area contributed by atoms with Gasteiger partial charge in [0.05, 0.1) is 5.75 Å². The van der Waals surface area contributed by atoms with Crippen LogP contribution in [0.5, 0.6) is 0 Å². The topological polar surface area (TPSA) is 34.9 Å². The van der Waals surface area contributed by atoms with E-state index in [1.165, 1.54) is 17.3 Å². The third-order valence-electron chi connectivity index (χ3n) is 3.30. The van der Waals surface area contributed by atoms with Gasteiger partial charge in [0.25, 0.3) is 5.56 Å². The average Bonchev–Trinajstić information content (AvgIpc) is 2.46. The molecule has 0 atom stereocenters. The molecule has 0 aliphatic carbocycles. The Morgan fingerprint density at radius 2 is 2.14 bits per heavy atom. The van der Waals surface area contributed by atoms with E-state index < -0.39 is 0 Å². The molecule has 0 fully saturated rings. The number of terminal acetylenes is 1. The molecule has 0 radical (unpaired) electrons. The maximum atomic E-state index is 12.5. The van der Waals surface area contributed by atoms with Gasteiger partial charge in [-0.25, -0.2) is 4.98 Å². The number of nitrogens with zero attached hydrogens (tertiary/aromatic N) is 2. The molecule has 0 unspecified atom stereocenters. The lowest BCUT2D eigenvalue weighted by molar-refractivity contribution is 0.684. The molecule has 108 valence electrons. The van der Waals surface area contributed by atoms with Gasteiger partial charge in [-0.15, -0.1) is 6.42 Å². The first kappa shape index (κ1) is 15.4. The molecule has 0 aliphatic rings. The molecule has 0 amide bonds. The molecule has 0 saturated heterocycles. The summed E-state index contributed by atoms with van der Waals surface area (Å²) in [5.41, 5.74) is 3.84. The zero-order chi connectivity index (χ0) is 15.4. The SMILES string of the molecule is C#CCSc1nc(C)c(Cc2cccc(C)c2)c(=O)n1C. The summed E-state index contributed by atoms with van der Waals surface area (Å²) < 4.78 is 1.58. The van der Waals surface area contributed by atoms with Gasteiger partial charge >= 0.3 is 0 Å². The molecule has 4 heteroatoms. The predicted molar refractivity (Wildman–Crippen MR) is 87.8 cm³/mol. The van der Waals surface area contributed by atoms with Crippen LogP contribution in [-0.4, -0.2) is 15.3 Å². The summed E-state index contributed by atoms with van der Waals surface area (Å²) in [7, 11) is 1.74. The lowest BCUT2D eigenvalue weighted by atomic mass is 10.0. The number of aryl methyl sites for hydroxylation is 2. The van der Waals surface area contributed by atoms with Gasteiger partial charge in [-0.1, -0.05) is 47.5 Å². The fourth-order valence-electron chi connectivity index (χ4n) is 2.20. The molecule has 1 aromatic heterocycles. The Morgan fingerprint density at radius 3 is 2.81 bits per heavy atom. The summed E-state index contributed by atoms with van der Waals surface area (Å²) in [6, 6.07) is 8.19. The van der Waals surface area contributed by atoms with Crippen LogP contribution < -0.4 is 5.56 Å². The van der Waals surface area contributed by atoms with E-state index in [2.05, 4.69) is 17.0 Å². The van der Waals surface area contributed by atoms with Gasteiger partial charge in [0.2, 0.25) is 0 Å². The van der Waals surface area contributed by atoms with Gasteiger partial charge in [0, 0.05) is 24.7 Å². The summed E-state index contributed by atoms with van der Waals surface area (Å²) in [4.78, 5) is 17.0. The summed E-state index contributed by atoms with van der Waals surface area (Å²) >= 11 is 1.41. The molecule has 0 N–H and O–H groups in total. The number of aromatic nitrogens is 2. The van der Waals surface area contributed by atoms with E-state index in [-0.39, 0.29) is 5.56 Å². The van der Waals surface area contributed by atoms with Gasteiger partial charge in [0.1, 0.15) is 0 Å². The fourth-order valence-corrected chi connectivity index (χ4v) is 2.89. The number of rotatable bonds is 4. The lowest BCUT2D eigenvalue weighted by Gasteiger charge is -2.11. The summed E-state index contributed by atoms with van der Waals surface area (Å²) in [5.74, 6) is 3.06. The van der Waals surface area contributed by atoms with Crippen LogP contribution >= 0.6 is 11.8 Å². The van der Waals surface area contributed by atoms with Crippen LogP contribution in [0.3, 0.4) is 0 Å². The highest BCUT2D eigenvalue weighted by Crippen LogP contribution is 2.16. The average molecular weight is 298 g/mol. The minimum absolute atomic E-state index is 0.00327. The van der Waals surface area contributed by atoms with Crippen LogP contribution in [0.2, 0.25) is 0 Å². The monoisotopic (exact) mass is 298 g/mol. The molecule has 2 aromatic rings. The molecule has 0 aliphatic heterocycles. The lowest BCUT2D eigenvalue weighted by Crippen LogP contribution is -2.25. The predicted octanol–water partition coefficient (Wildman–Crippen LogP) is 2.71. The van der Waals surface area contributed by atoms with Crippen molar-refractivity contribution in [2.45, 2.75) is 25.4 Å². The van der Waals surface area contributed by atoms with Crippen LogP contribution in [0.4, 0.5) is 0 Å². The standard InChI is InChI=1S/C17H18N2OS/c1-5-9-21-17-18-13(3)15(16(20)19(17)4)11-14-8-6-7-12(2)10-14/h1,6-8,10H,9,11H2,2-4H3. The summed E-state index contributed by atoms with van der Waals surface area (Å²) in [6.45, 7) is 3.93. The molecular weight excluding hydrogens is 280 g/mol. The molecular formula is C17H18N2OS. The van der Waals surface area contributed by atoms with Gasteiger partial charge in [-0.2, -0.15) is 0 Å². The van der Waals surface area contributed by atoms with Crippen molar-refractivity contribution in [2.24, 2.45) is 7.05 Å².